The summed E-state index contributed by atoms with van der Waals surface area (Å²) in [4.78, 5) is 7.32. The third kappa shape index (κ3) is 4.99. The van der Waals surface area contributed by atoms with Crippen LogP contribution >= 0.6 is 0 Å². The van der Waals surface area contributed by atoms with Gasteiger partial charge in [-0.1, -0.05) is 18.6 Å². The number of hydrogen-bond donors (Lipinski definition) is 1. The lowest BCUT2D eigenvalue weighted by Crippen LogP contribution is -2.33. The first-order chi connectivity index (χ1) is 16.2. The molecule has 0 spiro atoms. The Bertz CT molecular complexity index is 1230. The quantitative estimate of drug-likeness (QED) is 0.382. The Hall–Kier alpha value is -3.44. The van der Waals surface area contributed by atoms with E-state index in [4.69, 9.17) is 9.72 Å². The summed E-state index contributed by atoms with van der Waals surface area (Å²) in [7, 11) is 0. The van der Waals surface area contributed by atoms with Crippen molar-refractivity contribution in [2.45, 2.75) is 19.3 Å². The van der Waals surface area contributed by atoms with E-state index in [2.05, 4.69) is 4.90 Å². The minimum atomic E-state index is -0.292. The molecular weight excluding hydrogens is 415 g/mol. The Balaban J connectivity index is 1.42. The van der Waals surface area contributed by atoms with Crippen molar-refractivity contribution in [1.82, 2.24) is 9.88 Å². The number of nitrogens with zero attached hydrogens (tertiary/aromatic N) is 2. The number of fused-ring (bicyclic) bond motifs is 1. The topological polar surface area (TPSA) is 45.6 Å². The van der Waals surface area contributed by atoms with Gasteiger partial charge in [-0.3, -0.25) is 4.90 Å². The molecule has 5 heteroatoms. The summed E-state index contributed by atoms with van der Waals surface area (Å²) < 4.78 is 19.8. The number of ether oxygens (including phenoxy) is 1. The summed E-state index contributed by atoms with van der Waals surface area (Å²) in [6, 6.07) is 21.5. The molecule has 4 aromatic rings. The molecule has 1 N–H and O–H groups in total. The first-order valence-corrected chi connectivity index (χ1v) is 11.5. The van der Waals surface area contributed by atoms with Gasteiger partial charge in [0.2, 0.25) is 0 Å². The number of phenolic OH excluding ortho intramolecular Hbond substituents is 1. The predicted octanol–water partition coefficient (Wildman–Crippen LogP) is 6.28. The summed E-state index contributed by atoms with van der Waals surface area (Å²) in [6.45, 7) is 3.97. The van der Waals surface area contributed by atoms with Crippen LogP contribution in [0.4, 0.5) is 4.39 Å². The predicted molar refractivity (Wildman–Crippen MR) is 130 cm³/mol. The molecule has 0 saturated carbocycles. The van der Waals surface area contributed by atoms with E-state index in [1.807, 2.05) is 42.5 Å². The highest BCUT2D eigenvalue weighted by Gasteiger charge is 2.13. The summed E-state index contributed by atoms with van der Waals surface area (Å²) in [6.07, 6.45) is 3.90. The number of benzene rings is 3. The molecule has 4 nitrogen and oxygen atoms in total. The molecule has 1 aromatic heterocycles. The maximum absolute atomic E-state index is 13.8. The highest BCUT2D eigenvalue weighted by molar-refractivity contribution is 5.91. The minimum absolute atomic E-state index is 0.200. The zero-order valence-electron chi connectivity index (χ0n) is 18.5. The third-order valence-electron chi connectivity index (χ3n) is 6.21. The molecule has 0 radical (unpaired) electrons. The van der Waals surface area contributed by atoms with Crippen LogP contribution in [0, 0.1) is 5.82 Å². The largest absolute Gasteiger partial charge is 0.508 e. The second-order valence-electron chi connectivity index (χ2n) is 8.54. The fraction of sp³-hybridized carbons (Fsp3) is 0.250. The minimum Gasteiger partial charge on any atom is -0.508 e. The van der Waals surface area contributed by atoms with Crippen molar-refractivity contribution in [1.29, 1.82) is 0 Å². The van der Waals surface area contributed by atoms with Gasteiger partial charge in [-0.2, -0.15) is 0 Å². The van der Waals surface area contributed by atoms with E-state index >= 15 is 0 Å². The van der Waals surface area contributed by atoms with E-state index in [9.17, 15) is 9.50 Å². The van der Waals surface area contributed by atoms with Gasteiger partial charge in [-0.15, -0.1) is 0 Å². The molecule has 0 unspecified atom stereocenters. The average molecular weight is 443 g/mol. The normalized spacial score (nSPS) is 14.5. The molecule has 1 aliphatic rings. The van der Waals surface area contributed by atoms with Gasteiger partial charge in [0.15, 0.2) is 0 Å². The number of phenols is 1. The Morgan fingerprint density at radius 1 is 0.848 bits per heavy atom. The number of piperidine rings is 1. The van der Waals surface area contributed by atoms with E-state index in [1.165, 1.54) is 44.5 Å². The number of halogens is 1. The number of rotatable bonds is 6. The zero-order chi connectivity index (χ0) is 22.6. The molecule has 168 valence electrons. The molecule has 0 amide bonds. The summed E-state index contributed by atoms with van der Waals surface area (Å²) in [5.41, 5.74) is 4.28. The zero-order valence-corrected chi connectivity index (χ0v) is 18.5. The van der Waals surface area contributed by atoms with Gasteiger partial charge >= 0.3 is 0 Å². The highest BCUT2D eigenvalue weighted by atomic mass is 19.1. The van der Waals surface area contributed by atoms with Gasteiger partial charge in [0.05, 0.1) is 11.2 Å². The van der Waals surface area contributed by atoms with Crippen molar-refractivity contribution < 1.29 is 14.2 Å². The Kier molecular flexibility index (Phi) is 6.22. The number of aromatic nitrogens is 1. The van der Waals surface area contributed by atoms with Gasteiger partial charge in [-0.25, -0.2) is 9.37 Å². The van der Waals surface area contributed by atoms with Crippen LogP contribution in [0.15, 0.2) is 72.8 Å². The molecule has 0 bridgehead atoms. The molecule has 0 aliphatic carbocycles. The van der Waals surface area contributed by atoms with Crippen LogP contribution in [0.5, 0.6) is 11.5 Å². The molecule has 2 heterocycles. The van der Waals surface area contributed by atoms with Crippen LogP contribution < -0.4 is 4.74 Å². The summed E-state index contributed by atoms with van der Waals surface area (Å²) in [5.74, 6) is 0.746. The van der Waals surface area contributed by atoms with Gasteiger partial charge in [0.1, 0.15) is 23.9 Å². The van der Waals surface area contributed by atoms with E-state index in [0.717, 1.165) is 45.6 Å². The molecule has 1 fully saturated rings. The van der Waals surface area contributed by atoms with E-state index in [0.29, 0.717) is 6.61 Å². The smallest absolute Gasteiger partial charge is 0.123 e. The molecule has 5 rings (SSSR count). The molecule has 1 aliphatic heterocycles. The van der Waals surface area contributed by atoms with Crippen molar-refractivity contribution >= 4 is 10.9 Å². The van der Waals surface area contributed by atoms with Gasteiger partial charge < -0.3 is 9.84 Å². The molecule has 3 aromatic carbocycles. The monoisotopic (exact) mass is 442 g/mol. The first-order valence-electron chi connectivity index (χ1n) is 11.5. The van der Waals surface area contributed by atoms with Crippen LogP contribution in [0.2, 0.25) is 0 Å². The molecule has 0 atom stereocenters. The number of hydrogen-bond acceptors (Lipinski definition) is 4. The van der Waals surface area contributed by atoms with E-state index < -0.39 is 0 Å². The van der Waals surface area contributed by atoms with Crippen LogP contribution in [0.3, 0.4) is 0 Å². The summed E-state index contributed by atoms with van der Waals surface area (Å²) >= 11 is 0. The molecule has 1 saturated heterocycles. The number of aromatic hydroxyl groups is 1. The molecule has 33 heavy (non-hydrogen) atoms. The lowest BCUT2D eigenvalue weighted by atomic mass is 9.97. The van der Waals surface area contributed by atoms with Gasteiger partial charge in [-0.05, 0) is 92.2 Å². The number of pyridine rings is 1. The lowest BCUT2D eigenvalue weighted by molar-refractivity contribution is 0.183. The highest BCUT2D eigenvalue weighted by Crippen LogP contribution is 2.35. The lowest BCUT2D eigenvalue weighted by Gasteiger charge is -2.26. The van der Waals surface area contributed by atoms with Crippen molar-refractivity contribution in [3.63, 3.8) is 0 Å². The third-order valence-corrected chi connectivity index (χ3v) is 6.21. The fourth-order valence-corrected chi connectivity index (χ4v) is 4.41. The Labute approximate surface area is 193 Å². The fourth-order valence-electron chi connectivity index (χ4n) is 4.41. The van der Waals surface area contributed by atoms with E-state index in [1.54, 1.807) is 18.2 Å². The van der Waals surface area contributed by atoms with Crippen LogP contribution in [-0.2, 0) is 0 Å². The standard InChI is InChI=1S/C28H27FN2O2/c29-23-8-13-27-22(18-23)19-26(20-4-9-24(32)10-5-20)28(30-27)21-6-11-25(12-7-21)33-17-16-31-14-2-1-3-15-31/h4-13,18-19,32H,1-3,14-17H2. The number of likely N-dealkylation sites (tertiary alicyclic amines) is 1. The van der Waals surface area contributed by atoms with Crippen LogP contribution in [0.25, 0.3) is 33.3 Å². The Morgan fingerprint density at radius 3 is 2.33 bits per heavy atom. The maximum Gasteiger partial charge on any atom is 0.123 e. The van der Waals surface area contributed by atoms with E-state index in [-0.39, 0.29) is 11.6 Å². The van der Waals surface area contributed by atoms with Crippen molar-refractivity contribution in [3.8, 4) is 33.9 Å². The van der Waals surface area contributed by atoms with Crippen LogP contribution in [-0.4, -0.2) is 41.2 Å². The van der Waals surface area contributed by atoms with Crippen molar-refractivity contribution in [3.05, 3.63) is 78.6 Å². The van der Waals surface area contributed by atoms with Gasteiger partial charge in [0.25, 0.3) is 0 Å². The van der Waals surface area contributed by atoms with Crippen molar-refractivity contribution in [2.24, 2.45) is 0 Å². The SMILES string of the molecule is Oc1ccc(-c2cc3cc(F)ccc3nc2-c2ccc(OCCN3CCCCC3)cc2)cc1. The van der Waals surface area contributed by atoms with Crippen LogP contribution in [0.1, 0.15) is 19.3 Å². The average Bonchev–Trinajstić information content (AvgIpc) is 2.85. The Morgan fingerprint density at radius 2 is 1.58 bits per heavy atom. The molecular formula is C28H27FN2O2. The second kappa shape index (κ2) is 9.59. The summed E-state index contributed by atoms with van der Waals surface area (Å²) in [5, 5.41) is 10.4. The maximum atomic E-state index is 13.8. The second-order valence-corrected chi connectivity index (χ2v) is 8.54. The first kappa shape index (κ1) is 21.4. The van der Waals surface area contributed by atoms with Crippen molar-refractivity contribution in [2.75, 3.05) is 26.2 Å². The van der Waals surface area contributed by atoms with Gasteiger partial charge in [0, 0.05) is 23.1 Å².